The van der Waals surface area contributed by atoms with Crippen LogP contribution in [0.25, 0.3) is 0 Å². The zero-order chi connectivity index (χ0) is 14.8. The number of carbonyl (C=O) groups excluding carboxylic acids is 1. The number of benzene rings is 1. The second-order valence-corrected chi connectivity index (χ2v) is 6.00. The van der Waals surface area contributed by atoms with E-state index in [4.69, 9.17) is 27.9 Å². The predicted molar refractivity (Wildman–Crippen MR) is 80.2 cm³/mol. The Labute approximate surface area is 132 Å². The Kier molecular flexibility index (Phi) is 4.17. The highest BCUT2D eigenvalue weighted by atomic mass is 35.5. The molecular weight excluding hydrogens is 311 g/mol. The van der Waals surface area contributed by atoms with E-state index in [1.165, 1.54) is 0 Å². The number of esters is 1. The van der Waals surface area contributed by atoms with Crippen molar-refractivity contribution in [1.29, 1.82) is 0 Å². The normalized spacial score (nSPS) is 20.9. The SMILES string of the molecule is O=C(OCc1ccc(Cl)c(Cl)c1)C1CC(n2ccnc2)C1. The van der Waals surface area contributed by atoms with Crippen molar-refractivity contribution in [2.24, 2.45) is 5.92 Å². The molecule has 0 atom stereocenters. The highest BCUT2D eigenvalue weighted by Crippen LogP contribution is 2.38. The lowest BCUT2D eigenvalue weighted by molar-refractivity contribution is -0.154. The summed E-state index contributed by atoms with van der Waals surface area (Å²) in [7, 11) is 0. The third-order valence-corrected chi connectivity index (χ3v) is 4.50. The van der Waals surface area contributed by atoms with Gasteiger partial charge in [0.15, 0.2) is 0 Å². The van der Waals surface area contributed by atoms with E-state index in [1.54, 1.807) is 30.7 Å². The zero-order valence-electron chi connectivity index (χ0n) is 11.2. The molecule has 0 aliphatic heterocycles. The van der Waals surface area contributed by atoms with Crippen LogP contribution in [0.15, 0.2) is 36.9 Å². The number of nitrogens with zero attached hydrogens (tertiary/aromatic N) is 2. The molecule has 0 spiro atoms. The van der Waals surface area contributed by atoms with Gasteiger partial charge < -0.3 is 9.30 Å². The number of hydrogen-bond acceptors (Lipinski definition) is 3. The van der Waals surface area contributed by atoms with Gasteiger partial charge in [0.05, 0.1) is 22.3 Å². The van der Waals surface area contributed by atoms with Crippen LogP contribution in [0, 0.1) is 5.92 Å². The first-order chi connectivity index (χ1) is 10.1. The molecule has 1 aliphatic carbocycles. The minimum absolute atomic E-state index is 0.0276. The lowest BCUT2D eigenvalue weighted by Crippen LogP contribution is -2.33. The molecule has 0 radical (unpaired) electrons. The van der Waals surface area contributed by atoms with Gasteiger partial charge in [0.25, 0.3) is 0 Å². The Bertz CT molecular complexity index is 637. The number of halogens is 2. The second-order valence-electron chi connectivity index (χ2n) is 5.19. The summed E-state index contributed by atoms with van der Waals surface area (Å²) in [6.45, 7) is 0.224. The largest absolute Gasteiger partial charge is 0.461 e. The first kappa shape index (κ1) is 14.4. The van der Waals surface area contributed by atoms with Crippen molar-refractivity contribution >= 4 is 29.2 Å². The average Bonchev–Trinajstić information content (AvgIpc) is 2.92. The van der Waals surface area contributed by atoms with Gasteiger partial charge in [-0.05, 0) is 30.5 Å². The summed E-state index contributed by atoms with van der Waals surface area (Å²) in [6.07, 6.45) is 7.05. The van der Waals surface area contributed by atoms with Crippen LogP contribution in [-0.4, -0.2) is 15.5 Å². The summed E-state index contributed by atoms with van der Waals surface area (Å²) in [5.74, 6) is -0.183. The molecule has 1 aliphatic rings. The fourth-order valence-corrected chi connectivity index (χ4v) is 2.73. The predicted octanol–water partition coefficient (Wildman–Crippen LogP) is 3.88. The quantitative estimate of drug-likeness (QED) is 0.801. The van der Waals surface area contributed by atoms with Crippen LogP contribution in [0.4, 0.5) is 0 Å². The van der Waals surface area contributed by atoms with Gasteiger partial charge in [0.2, 0.25) is 0 Å². The fraction of sp³-hybridized carbons (Fsp3) is 0.333. The fourth-order valence-electron chi connectivity index (χ4n) is 2.41. The highest BCUT2D eigenvalue weighted by Gasteiger charge is 2.36. The number of imidazole rings is 1. The van der Waals surface area contributed by atoms with E-state index < -0.39 is 0 Å². The van der Waals surface area contributed by atoms with E-state index >= 15 is 0 Å². The molecular formula is C15H14Cl2N2O2. The number of rotatable bonds is 4. The molecule has 1 saturated carbocycles. The van der Waals surface area contributed by atoms with Gasteiger partial charge in [0.1, 0.15) is 6.61 Å². The van der Waals surface area contributed by atoms with Gasteiger partial charge in [-0.25, -0.2) is 4.98 Å². The lowest BCUT2D eigenvalue weighted by Gasteiger charge is -2.34. The Morgan fingerprint density at radius 2 is 2.14 bits per heavy atom. The highest BCUT2D eigenvalue weighted by molar-refractivity contribution is 6.42. The maximum absolute atomic E-state index is 12.0. The average molecular weight is 325 g/mol. The van der Waals surface area contributed by atoms with Crippen LogP contribution in [0.3, 0.4) is 0 Å². The van der Waals surface area contributed by atoms with E-state index in [0.29, 0.717) is 16.1 Å². The van der Waals surface area contributed by atoms with E-state index in [0.717, 1.165) is 18.4 Å². The Morgan fingerprint density at radius 1 is 1.33 bits per heavy atom. The van der Waals surface area contributed by atoms with Gasteiger partial charge in [-0.1, -0.05) is 29.3 Å². The summed E-state index contributed by atoms with van der Waals surface area (Å²) < 4.78 is 7.36. The van der Waals surface area contributed by atoms with Crippen molar-refractivity contribution in [2.75, 3.05) is 0 Å². The van der Waals surface area contributed by atoms with Crippen LogP contribution in [0.5, 0.6) is 0 Å². The van der Waals surface area contributed by atoms with Crippen LogP contribution in [0.1, 0.15) is 24.4 Å². The Hall–Kier alpha value is -1.52. The smallest absolute Gasteiger partial charge is 0.309 e. The van der Waals surface area contributed by atoms with Gasteiger partial charge >= 0.3 is 5.97 Å². The molecule has 6 heteroatoms. The molecule has 1 aromatic heterocycles. The molecule has 1 heterocycles. The van der Waals surface area contributed by atoms with Crippen molar-refractivity contribution < 1.29 is 9.53 Å². The maximum atomic E-state index is 12.0. The van der Waals surface area contributed by atoms with Crippen molar-refractivity contribution in [2.45, 2.75) is 25.5 Å². The number of ether oxygens (including phenoxy) is 1. The molecule has 1 fully saturated rings. The summed E-state index contributed by atoms with van der Waals surface area (Å²) in [5, 5.41) is 0.961. The molecule has 2 aromatic rings. The van der Waals surface area contributed by atoms with Gasteiger partial charge in [-0.3, -0.25) is 4.79 Å². The van der Waals surface area contributed by atoms with Crippen LogP contribution in [0.2, 0.25) is 10.0 Å². The molecule has 0 bridgehead atoms. The summed E-state index contributed by atoms with van der Waals surface area (Å²) >= 11 is 11.8. The topological polar surface area (TPSA) is 44.1 Å². The first-order valence-corrected chi connectivity index (χ1v) is 7.47. The van der Waals surface area contributed by atoms with Crippen molar-refractivity contribution in [3.05, 3.63) is 52.5 Å². The molecule has 0 N–H and O–H groups in total. The second kappa shape index (κ2) is 6.08. The van der Waals surface area contributed by atoms with Gasteiger partial charge in [-0.2, -0.15) is 0 Å². The molecule has 21 heavy (non-hydrogen) atoms. The maximum Gasteiger partial charge on any atom is 0.309 e. The first-order valence-electron chi connectivity index (χ1n) is 6.71. The lowest BCUT2D eigenvalue weighted by atomic mass is 9.80. The van der Waals surface area contributed by atoms with E-state index in [2.05, 4.69) is 4.98 Å². The van der Waals surface area contributed by atoms with Crippen LogP contribution >= 0.6 is 23.2 Å². The van der Waals surface area contributed by atoms with Crippen LogP contribution < -0.4 is 0 Å². The number of carbonyl (C=O) groups is 1. The van der Waals surface area contributed by atoms with E-state index in [-0.39, 0.29) is 18.5 Å². The minimum atomic E-state index is -0.155. The van der Waals surface area contributed by atoms with E-state index in [1.807, 2.05) is 10.8 Å². The molecule has 0 saturated heterocycles. The standard InChI is InChI=1S/C15H14Cl2N2O2/c16-13-2-1-10(5-14(13)17)8-21-15(20)11-6-12(7-11)19-4-3-18-9-19/h1-5,9,11-12H,6-8H2. The molecule has 3 rings (SSSR count). The molecule has 0 unspecified atom stereocenters. The van der Waals surface area contributed by atoms with Crippen molar-refractivity contribution in [3.63, 3.8) is 0 Å². The summed E-state index contributed by atoms with van der Waals surface area (Å²) in [6, 6.07) is 5.57. The van der Waals surface area contributed by atoms with Crippen molar-refractivity contribution in [3.8, 4) is 0 Å². The third kappa shape index (κ3) is 3.22. The number of aromatic nitrogens is 2. The Morgan fingerprint density at radius 3 is 2.81 bits per heavy atom. The molecule has 0 amide bonds. The van der Waals surface area contributed by atoms with Crippen molar-refractivity contribution in [1.82, 2.24) is 9.55 Å². The van der Waals surface area contributed by atoms with Crippen LogP contribution in [-0.2, 0) is 16.1 Å². The molecule has 110 valence electrons. The van der Waals surface area contributed by atoms with E-state index in [9.17, 15) is 4.79 Å². The monoisotopic (exact) mass is 324 g/mol. The Balaban J connectivity index is 1.48. The zero-order valence-corrected chi connectivity index (χ0v) is 12.7. The summed E-state index contributed by atoms with van der Waals surface area (Å²) in [4.78, 5) is 16.0. The minimum Gasteiger partial charge on any atom is -0.461 e. The third-order valence-electron chi connectivity index (χ3n) is 3.76. The molecule has 4 nitrogen and oxygen atoms in total. The molecule has 1 aromatic carbocycles. The van der Waals surface area contributed by atoms with Gasteiger partial charge in [0, 0.05) is 18.4 Å². The number of hydrogen-bond donors (Lipinski definition) is 0. The van der Waals surface area contributed by atoms with Gasteiger partial charge in [-0.15, -0.1) is 0 Å². The summed E-state index contributed by atoms with van der Waals surface area (Å²) in [5.41, 5.74) is 0.836.